The van der Waals surface area contributed by atoms with E-state index in [1.807, 2.05) is 31.2 Å². The highest BCUT2D eigenvalue weighted by molar-refractivity contribution is 6.03. The first-order valence-electron chi connectivity index (χ1n) is 8.97. The first kappa shape index (κ1) is 20.5. The van der Waals surface area contributed by atoms with Crippen LogP contribution in [0.2, 0.25) is 0 Å². The highest BCUT2D eigenvalue weighted by Gasteiger charge is 2.21. The van der Waals surface area contributed by atoms with Crippen molar-refractivity contribution in [3.8, 4) is 17.2 Å². The average molecular weight is 416 g/mol. The monoisotopic (exact) mass is 415 g/mol. The van der Waals surface area contributed by atoms with E-state index in [1.165, 1.54) is 0 Å². The minimum absolute atomic E-state index is 0. The standard InChI is InChI=1S/C20H21N5O3.ClH/c1-11(2)13-6-4-5-7-16(13)25-12(3)22-19(24-25)20(26)23-15-9-18-17(8-14(15)21)27-10-28-18;/h4-9,11H,10,21H2,1-3H3,(H,23,26);1H. The van der Waals surface area contributed by atoms with Crippen molar-refractivity contribution in [1.29, 1.82) is 0 Å². The Bertz CT molecular complexity index is 1060. The third-order valence-corrected chi connectivity index (χ3v) is 4.55. The molecule has 152 valence electrons. The molecule has 2 aromatic carbocycles. The number of ether oxygens (including phenoxy) is 2. The number of nitrogens with two attached hydrogens (primary N) is 1. The lowest BCUT2D eigenvalue weighted by Crippen LogP contribution is -2.15. The zero-order valence-electron chi connectivity index (χ0n) is 16.3. The third kappa shape index (κ3) is 3.84. The second kappa shape index (κ2) is 8.00. The molecule has 0 saturated heterocycles. The van der Waals surface area contributed by atoms with Gasteiger partial charge in [0.15, 0.2) is 11.5 Å². The molecule has 1 aliphatic heterocycles. The van der Waals surface area contributed by atoms with Gasteiger partial charge in [-0.2, -0.15) is 0 Å². The van der Waals surface area contributed by atoms with Gasteiger partial charge in [-0.3, -0.25) is 4.79 Å². The molecule has 29 heavy (non-hydrogen) atoms. The molecule has 0 saturated carbocycles. The van der Waals surface area contributed by atoms with Crippen LogP contribution in [0.5, 0.6) is 11.5 Å². The maximum absolute atomic E-state index is 12.7. The molecule has 0 bridgehead atoms. The molecule has 4 rings (SSSR count). The summed E-state index contributed by atoms with van der Waals surface area (Å²) in [7, 11) is 0. The predicted molar refractivity (Wildman–Crippen MR) is 112 cm³/mol. The minimum atomic E-state index is -0.450. The molecule has 0 atom stereocenters. The number of anilines is 2. The number of nitrogen functional groups attached to an aromatic ring is 1. The van der Waals surface area contributed by atoms with E-state index in [9.17, 15) is 4.79 Å². The number of halogens is 1. The summed E-state index contributed by atoms with van der Waals surface area (Å²) in [6.45, 7) is 6.17. The van der Waals surface area contributed by atoms with Gasteiger partial charge in [0.1, 0.15) is 5.82 Å². The van der Waals surface area contributed by atoms with Crippen LogP contribution in [-0.2, 0) is 0 Å². The van der Waals surface area contributed by atoms with E-state index in [4.69, 9.17) is 15.2 Å². The lowest BCUT2D eigenvalue weighted by Gasteiger charge is -2.12. The summed E-state index contributed by atoms with van der Waals surface area (Å²) in [6, 6.07) is 11.2. The maximum atomic E-state index is 12.7. The molecular weight excluding hydrogens is 394 g/mol. The summed E-state index contributed by atoms with van der Waals surface area (Å²) in [4.78, 5) is 17.0. The molecule has 8 nitrogen and oxygen atoms in total. The summed E-state index contributed by atoms with van der Waals surface area (Å²) >= 11 is 0. The van der Waals surface area contributed by atoms with Crippen LogP contribution in [0.4, 0.5) is 11.4 Å². The van der Waals surface area contributed by atoms with Crippen molar-refractivity contribution in [2.24, 2.45) is 0 Å². The number of fused-ring (bicyclic) bond motifs is 1. The number of para-hydroxylation sites is 1. The fraction of sp³-hybridized carbons (Fsp3) is 0.250. The van der Waals surface area contributed by atoms with Crippen molar-refractivity contribution in [2.75, 3.05) is 17.8 Å². The molecule has 0 unspecified atom stereocenters. The molecule has 2 heterocycles. The van der Waals surface area contributed by atoms with Gasteiger partial charge in [-0.05, 0) is 24.5 Å². The summed E-state index contributed by atoms with van der Waals surface area (Å²) in [5, 5.41) is 7.17. The van der Waals surface area contributed by atoms with Gasteiger partial charge in [0.05, 0.1) is 17.1 Å². The Labute approximate surface area is 174 Å². The fourth-order valence-electron chi connectivity index (χ4n) is 3.13. The van der Waals surface area contributed by atoms with Gasteiger partial charge in [-0.1, -0.05) is 32.0 Å². The molecule has 1 aromatic heterocycles. The predicted octanol–water partition coefficient (Wildman–Crippen LogP) is 3.68. The van der Waals surface area contributed by atoms with Crippen LogP contribution in [0.15, 0.2) is 36.4 Å². The Morgan fingerprint density at radius 1 is 1.21 bits per heavy atom. The molecule has 1 amide bonds. The van der Waals surface area contributed by atoms with Crippen LogP contribution in [0.25, 0.3) is 5.69 Å². The van der Waals surface area contributed by atoms with Crippen molar-refractivity contribution in [3.05, 3.63) is 53.6 Å². The smallest absolute Gasteiger partial charge is 0.295 e. The molecule has 3 N–H and O–H groups in total. The number of rotatable bonds is 4. The van der Waals surface area contributed by atoms with Gasteiger partial charge in [-0.15, -0.1) is 17.5 Å². The molecule has 0 fully saturated rings. The molecule has 9 heteroatoms. The Kier molecular flexibility index (Phi) is 5.65. The summed E-state index contributed by atoms with van der Waals surface area (Å²) in [5.41, 5.74) is 8.83. The number of carbonyl (C=O) groups is 1. The Morgan fingerprint density at radius 3 is 2.62 bits per heavy atom. The summed E-state index contributed by atoms with van der Waals surface area (Å²) in [5.74, 6) is 1.63. The normalized spacial score (nSPS) is 12.0. The molecule has 0 spiro atoms. The Hall–Kier alpha value is -3.26. The first-order chi connectivity index (χ1) is 13.4. The highest BCUT2D eigenvalue weighted by Crippen LogP contribution is 2.38. The molecular formula is C20H22ClN5O3. The van der Waals surface area contributed by atoms with Crippen LogP contribution >= 0.6 is 12.4 Å². The van der Waals surface area contributed by atoms with Crippen molar-refractivity contribution in [1.82, 2.24) is 14.8 Å². The van der Waals surface area contributed by atoms with Gasteiger partial charge in [0.2, 0.25) is 12.6 Å². The number of hydrogen-bond acceptors (Lipinski definition) is 6. The van der Waals surface area contributed by atoms with E-state index in [-0.39, 0.29) is 25.0 Å². The number of carbonyl (C=O) groups excluding carboxylic acids is 1. The van der Waals surface area contributed by atoms with Crippen LogP contribution < -0.4 is 20.5 Å². The SMILES string of the molecule is Cc1nc(C(=O)Nc2cc3c(cc2N)OCO3)nn1-c1ccccc1C(C)C.Cl. The fourth-order valence-corrected chi connectivity index (χ4v) is 3.13. The zero-order chi connectivity index (χ0) is 19.8. The maximum Gasteiger partial charge on any atom is 0.295 e. The number of aryl methyl sites for hydroxylation is 1. The third-order valence-electron chi connectivity index (χ3n) is 4.55. The summed E-state index contributed by atoms with van der Waals surface area (Å²) < 4.78 is 12.3. The van der Waals surface area contributed by atoms with E-state index in [0.29, 0.717) is 34.6 Å². The zero-order valence-corrected chi connectivity index (χ0v) is 17.1. The lowest BCUT2D eigenvalue weighted by molar-refractivity contribution is 0.101. The number of hydrogen-bond donors (Lipinski definition) is 2. The van der Waals surface area contributed by atoms with Gasteiger partial charge in [0.25, 0.3) is 5.91 Å². The number of nitrogens with zero attached hydrogens (tertiary/aromatic N) is 3. The Balaban J connectivity index is 0.00000240. The lowest BCUT2D eigenvalue weighted by atomic mass is 10.0. The molecule has 0 aliphatic carbocycles. The van der Waals surface area contributed by atoms with Crippen molar-refractivity contribution < 1.29 is 14.3 Å². The van der Waals surface area contributed by atoms with Crippen molar-refractivity contribution in [2.45, 2.75) is 26.7 Å². The van der Waals surface area contributed by atoms with Gasteiger partial charge in [0, 0.05) is 12.1 Å². The van der Waals surface area contributed by atoms with Crippen LogP contribution in [0, 0.1) is 6.92 Å². The van der Waals surface area contributed by atoms with Gasteiger partial charge in [-0.25, -0.2) is 9.67 Å². The second-order valence-electron chi connectivity index (χ2n) is 6.85. The van der Waals surface area contributed by atoms with Crippen molar-refractivity contribution in [3.63, 3.8) is 0 Å². The van der Waals surface area contributed by atoms with E-state index < -0.39 is 5.91 Å². The Morgan fingerprint density at radius 2 is 1.90 bits per heavy atom. The quantitative estimate of drug-likeness (QED) is 0.630. The summed E-state index contributed by atoms with van der Waals surface area (Å²) in [6.07, 6.45) is 0. The largest absolute Gasteiger partial charge is 0.454 e. The number of amides is 1. The van der Waals surface area contributed by atoms with E-state index in [0.717, 1.165) is 11.3 Å². The van der Waals surface area contributed by atoms with Gasteiger partial charge < -0.3 is 20.5 Å². The minimum Gasteiger partial charge on any atom is -0.454 e. The highest BCUT2D eigenvalue weighted by atomic mass is 35.5. The van der Waals surface area contributed by atoms with Gasteiger partial charge >= 0.3 is 0 Å². The van der Waals surface area contributed by atoms with E-state index in [2.05, 4.69) is 29.2 Å². The van der Waals surface area contributed by atoms with Crippen LogP contribution in [-0.4, -0.2) is 27.5 Å². The average Bonchev–Trinajstić information content (AvgIpc) is 3.28. The molecule has 0 radical (unpaired) electrons. The number of benzene rings is 2. The van der Waals surface area contributed by atoms with Crippen molar-refractivity contribution >= 4 is 29.7 Å². The number of nitrogens with one attached hydrogen (secondary N) is 1. The topological polar surface area (TPSA) is 104 Å². The first-order valence-corrected chi connectivity index (χ1v) is 8.97. The van der Waals surface area contributed by atoms with Crippen LogP contribution in [0.3, 0.4) is 0 Å². The molecule has 3 aromatic rings. The second-order valence-corrected chi connectivity index (χ2v) is 6.85. The molecule has 1 aliphatic rings. The number of aromatic nitrogens is 3. The van der Waals surface area contributed by atoms with Crippen LogP contribution in [0.1, 0.15) is 41.8 Å². The van der Waals surface area contributed by atoms with E-state index >= 15 is 0 Å². The van der Waals surface area contributed by atoms with E-state index in [1.54, 1.807) is 16.8 Å².